The van der Waals surface area contributed by atoms with Crippen molar-refractivity contribution in [1.29, 1.82) is 0 Å². The Hall–Kier alpha value is -1.19. The van der Waals surface area contributed by atoms with Gasteiger partial charge in [0.15, 0.2) is 0 Å². The summed E-state index contributed by atoms with van der Waals surface area (Å²) in [4.78, 5) is 6.15. The van der Waals surface area contributed by atoms with Crippen LogP contribution in [0.15, 0.2) is 18.2 Å². The van der Waals surface area contributed by atoms with Gasteiger partial charge in [-0.05, 0) is 50.9 Å². The largest absolute Gasteiger partial charge is 0.316 e. The van der Waals surface area contributed by atoms with E-state index in [-0.39, 0.29) is 0 Å². The molecule has 0 saturated carbocycles. The summed E-state index contributed by atoms with van der Waals surface area (Å²) in [5, 5.41) is 4.67. The first kappa shape index (κ1) is 15.2. The Morgan fingerprint density at radius 3 is 2.60 bits per heavy atom. The Bertz CT molecular complexity index is 572. The van der Waals surface area contributed by atoms with Crippen molar-refractivity contribution in [2.24, 2.45) is 0 Å². The monoisotopic (exact) mass is 288 g/mol. The van der Waals surface area contributed by atoms with Gasteiger partial charge in [-0.2, -0.15) is 0 Å². The first-order valence-corrected chi connectivity index (χ1v) is 8.18. The van der Waals surface area contributed by atoms with Gasteiger partial charge in [-0.15, -0.1) is 11.3 Å². The number of nitrogens with zero attached hydrogens (tertiary/aromatic N) is 1. The van der Waals surface area contributed by atoms with E-state index >= 15 is 0 Å². The summed E-state index contributed by atoms with van der Waals surface area (Å²) in [5.41, 5.74) is 5.07. The van der Waals surface area contributed by atoms with Crippen LogP contribution in [0.25, 0.3) is 11.3 Å². The molecule has 1 N–H and O–H groups in total. The smallest absolute Gasteiger partial charge is 0.0948 e. The zero-order valence-electron chi connectivity index (χ0n) is 12.9. The number of hydrogen-bond donors (Lipinski definition) is 1. The standard InChI is InChI=1S/C17H24N2S/c1-5-9-18-10-8-16-19-17(14(4)20-16)15-7-6-12(2)13(3)11-15/h6-7,11,18H,5,8-10H2,1-4H3. The summed E-state index contributed by atoms with van der Waals surface area (Å²) < 4.78 is 0. The van der Waals surface area contributed by atoms with Crippen LogP contribution < -0.4 is 5.32 Å². The number of rotatable bonds is 6. The van der Waals surface area contributed by atoms with Crippen LogP contribution in [-0.2, 0) is 6.42 Å². The second-order valence-corrected chi connectivity index (χ2v) is 6.60. The first-order chi connectivity index (χ1) is 9.61. The van der Waals surface area contributed by atoms with Crippen LogP contribution in [0.5, 0.6) is 0 Å². The predicted molar refractivity (Wildman–Crippen MR) is 88.6 cm³/mol. The minimum absolute atomic E-state index is 1.02. The summed E-state index contributed by atoms with van der Waals surface area (Å²) >= 11 is 1.83. The minimum atomic E-state index is 1.02. The Morgan fingerprint density at radius 1 is 1.10 bits per heavy atom. The van der Waals surface area contributed by atoms with E-state index in [2.05, 4.69) is 51.2 Å². The third-order valence-corrected chi connectivity index (χ3v) is 4.59. The molecular formula is C17H24N2S. The van der Waals surface area contributed by atoms with Gasteiger partial charge in [0.25, 0.3) is 0 Å². The summed E-state index contributed by atoms with van der Waals surface area (Å²) in [6.07, 6.45) is 2.21. The van der Waals surface area contributed by atoms with E-state index in [1.54, 1.807) is 0 Å². The van der Waals surface area contributed by atoms with Gasteiger partial charge in [0.1, 0.15) is 0 Å². The number of thiazole rings is 1. The van der Waals surface area contributed by atoms with Gasteiger partial charge in [0.05, 0.1) is 10.7 Å². The molecule has 0 aliphatic carbocycles. The number of nitrogens with one attached hydrogen (secondary N) is 1. The van der Waals surface area contributed by atoms with Crippen LogP contribution in [-0.4, -0.2) is 18.1 Å². The first-order valence-electron chi connectivity index (χ1n) is 7.36. The molecule has 0 spiro atoms. The fourth-order valence-electron chi connectivity index (χ4n) is 2.21. The van der Waals surface area contributed by atoms with Gasteiger partial charge < -0.3 is 5.32 Å². The highest BCUT2D eigenvalue weighted by atomic mass is 32.1. The Kier molecular flexibility index (Phi) is 5.32. The van der Waals surface area contributed by atoms with E-state index in [9.17, 15) is 0 Å². The SMILES string of the molecule is CCCNCCc1nc(-c2ccc(C)c(C)c2)c(C)s1. The maximum absolute atomic E-state index is 4.83. The molecule has 0 aliphatic rings. The molecule has 108 valence electrons. The minimum Gasteiger partial charge on any atom is -0.316 e. The van der Waals surface area contributed by atoms with Gasteiger partial charge in [-0.3, -0.25) is 0 Å². The molecule has 2 aromatic rings. The average molecular weight is 288 g/mol. The molecule has 2 nitrogen and oxygen atoms in total. The van der Waals surface area contributed by atoms with E-state index in [0.717, 1.165) is 25.2 Å². The lowest BCUT2D eigenvalue weighted by atomic mass is 10.0. The van der Waals surface area contributed by atoms with Crippen LogP contribution in [0, 0.1) is 20.8 Å². The van der Waals surface area contributed by atoms with Crippen molar-refractivity contribution in [3.63, 3.8) is 0 Å². The molecule has 0 amide bonds. The predicted octanol–water partition coefficient (Wildman–Crippen LogP) is 4.28. The van der Waals surface area contributed by atoms with E-state index in [0.29, 0.717) is 0 Å². The average Bonchev–Trinajstić information content (AvgIpc) is 2.79. The zero-order chi connectivity index (χ0) is 14.5. The quantitative estimate of drug-likeness (QED) is 0.803. The maximum atomic E-state index is 4.83. The van der Waals surface area contributed by atoms with Crippen LogP contribution in [0.2, 0.25) is 0 Å². The molecule has 0 saturated heterocycles. The molecule has 3 heteroatoms. The third-order valence-electron chi connectivity index (χ3n) is 3.56. The molecule has 0 aliphatic heterocycles. The lowest BCUT2D eigenvalue weighted by Gasteiger charge is -2.03. The van der Waals surface area contributed by atoms with Crippen LogP contribution in [0.1, 0.15) is 34.4 Å². The third kappa shape index (κ3) is 3.68. The molecular weight excluding hydrogens is 264 g/mol. The van der Waals surface area contributed by atoms with Crippen molar-refractivity contribution in [2.45, 2.75) is 40.5 Å². The van der Waals surface area contributed by atoms with Gasteiger partial charge in [0, 0.05) is 23.4 Å². The number of hydrogen-bond acceptors (Lipinski definition) is 3. The Morgan fingerprint density at radius 2 is 1.90 bits per heavy atom. The Labute approximate surface area is 126 Å². The molecule has 2 rings (SSSR count). The fourth-order valence-corrected chi connectivity index (χ4v) is 3.17. The topological polar surface area (TPSA) is 24.9 Å². The molecule has 1 aromatic carbocycles. The second kappa shape index (κ2) is 7.00. The van der Waals surface area contributed by atoms with E-state index < -0.39 is 0 Å². The molecule has 0 radical (unpaired) electrons. The van der Waals surface area contributed by atoms with Crippen molar-refractivity contribution in [2.75, 3.05) is 13.1 Å². The van der Waals surface area contributed by atoms with E-state index in [1.807, 2.05) is 11.3 Å². The van der Waals surface area contributed by atoms with Crippen LogP contribution in [0.3, 0.4) is 0 Å². The molecule has 0 atom stereocenters. The van der Waals surface area contributed by atoms with E-state index in [1.165, 1.54) is 33.0 Å². The second-order valence-electron chi connectivity index (χ2n) is 5.31. The fraction of sp³-hybridized carbons (Fsp3) is 0.471. The van der Waals surface area contributed by atoms with Gasteiger partial charge in [0.2, 0.25) is 0 Å². The van der Waals surface area contributed by atoms with Gasteiger partial charge in [-0.25, -0.2) is 4.98 Å². The van der Waals surface area contributed by atoms with Crippen molar-refractivity contribution < 1.29 is 0 Å². The molecule has 0 bridgehead atoms. The van der Waals surface area contributed by atoms with Crippen LogP contribution >= 0.6 is 11.3 Å². The lowest BCUT2D eigenvalue weighted by molar-refractivity contribution is 0.670. The molecule has 1 heterocycles. The summed E-state index contributed by atoms with van der Waals surface area (Å²) in [5.74, 6) is 0. The highest BCUT2D eigenvalue weighted by Gasteiger charge is 2.10. The molecule has 0 fully saturated rings. The highest BCUT2D eigenvalue weighted by Crippen LogP contribution is 2.28. The summed E-state index contributed by atoms with van der Waals surface area (Å²) in [6.45, 7) is 10.8. The number of aromatic nitrogens is 1. The molecule has 20 heavy (non-hydrogen) atoms. The van der Waals surface area contributed by atoms with Crippen LogP contribution in [0.4, 0.5) is 0 Å². The normalized spacial score (nSPS) is 11.0. The number of benzene rings is 1. The highest BCUT2D eigenvalue weighted by molar-refractivity contribution is 7.12. The Balaban J connectivity index is 2.12. The lowest BCUT2D eigenvalue weighted by Crippen LogP contribution is -2.17. The zero-order valence-corrected chi connectivity index (χ0v) is 13.7. The number of aryl methyl sites for hydroxylation is 3. The maximum Gasteiger partial charge on any atom is 0.0948 e. The van der Waals surface area contributed by atoms with E-state index in [4.69, 9.17) is 4.98 Å². The van der Waals surface area contributed by atoms with Crippen molar-refractivity contribution in [3.05, 3.63) is 39.2 Å². The summed E-state index contributed by atoms with van der Waals surface area (Å²) in [7, 11) is 0. The van der Waals surface area contributed by atoms with Gasteiger partial charge in [-0.1, -0.05) is 19.1 Å². The molecule has 1 aromatic heterocycles. The van der Waals surface area contributed by atoms with Crippen molar-refractivity contribution in [1.82, 2.24) is 10.3 Å². The molecule has 0 unspecified atom stereocenters. The van der Waals surface area contributed by atoms with Gasteiger partial charge >= 0.3 is 0 Å². The van der Waals surface area contributed by atoms with Crippen molar-refractivity contribution in [3.8, 4) is 11.3 Å². The van der Waals surface area contributed by atoms with Crippen molar-refractivity contribution >= 4 is 11.3 Å². The summed E-state index contributed by atoms with van der Waals surface area (Å²) in [6, 6.07) is 6.62.